The van der Waals surface area contributed by atoms with Crippen molar-refractivity contribution < 1.29 is 14.3 Å². The van der Waals surface area contributed by atoms with E-state index >= 15 is 0 Å². The molecule has 3 heteroatoms. The maximum atomic E-state index is 12.0. The zero-order chi connectivity index (χ0) is 13.5. The number of esters is 1. The molecule has 0 aromatic heterocycles. The summed E-state index contributed by atoms with van der Waals surface area (Å²) in [4.78, 5) is 23.6. The molecule has 1 aliphatic rings. The highest BCUT2D eigenvalue weighted by Crippen LogP contribution is 2.33. The summed E-state index contributed by atoms with van der Waals surface area (Å²) in [5.74, 6) is -0.0950. The van der Waals surface area contributed by atoms with Gasteiger partial charge in [-0.3, -0.25) is 9.59 Å². The van der Waals surface area contributed by atoms with Crippen molar-refractivity contribution in [2.75, 3.05) is 6.61 Å². The summed E-state index contributed by atoms with van der Waals surface area (Å²) in [6.07, 6.45) is 6.43. The van der Waals surface area contributed by atoms with Gasteiger partial charge in [0.25, 0.3) is 0 Å². The molecular formula is C15H24O3. The van der Waals surface area contributed by atoms with Crippen LogP contribution in [-0.2, 0) is 14.3 Å². The highest BCUT2D eigenvalue weighted by atomic mass is 16.5. The van der Waals surface area contributed by atoms with Crippen molar-refractivity contribution in [3.8, 4) is 0 Å². The Morgan fingerprint density at radius 3 is 2.72 bits per heavy atom. The number of carbonyl (C=O) groups excluding carboxylic acids is 2. The third-order valence-corrected chi connectivity index (χ3v) is 3.53. The van der Waals surface area contributed by atoms with Crippen LogP contribution in [0.4, 0.5) is 0 Å². The standard InChI is InChI=1S/C15H24O3/c1-4-6-7-8-12-10-13(16)9-11(3)14(12)15(17)18-5-2/h9,12,14H,4-8,10H2,1-3H3/t12-,14+/m1/s1. The van der Waals surface area contributed by atoms with Crippen molar-refractivity contribution in [1.29, 1.82) is 0 Å². The van der Waals surface area contributed by atoms with Crippen molar-refractivity contribution in [3.05, 3.63) is 11.6 Å². The van der Waals surface area contributed by atoms with Gasteiger partial charge in [-0.2, -0.15) is 0 Å². The summed E-state index contributed by atoms with van der Waals surface area (Å²) in [7, 11) is 0. The fraction of sp³-hybridized carbons (Fsp3) is 0.733. The molecule has 0 aromatic carbocycles. The van der Waals surface area contributed by atoms with Gasteiger partial charge in [0.2, 0.25) is 0 Å². The second kappa shape index (κ2) is 7.34. The molecular weight excluding hydrogens is 228 g/mol. The fourth-order valence-corrected chi connectivity index (χ4v) is 2.69. The smallest absolute Gasteiger partial charge is 0.313 e. The van der Waals surface area contributed by atoms with E-state index in [1.165, 1.54) is 0 Å². The van der Waals surface area contributed by atoms with Gasteiger partial charge >= 0.3 is 5.97 Å². The molecule has 0 fully saturated rings. The number of ketones is 1. The molecule has 0 unspecified atom stereocenters. The third-order valence-electron chi connectivity index (χ3n) is 3.53. The van der Waals surface area contributed by atoms with Crippen molar-refractivity contribution in [1.82, 2.24) is 0 Å². The van der Waals surface area contributed by atoms with Gasteiger partial charge in [-0.25, -0.2) is 0 Å². The van der Waals surface area contributed by atoms with Crippen LogP contribution < -0.4 is 0 Å². The van der Waals surface area contributed by atoms with Gasteiger partial charge in [0.05, 0.1) is 12.5 Å². The van der Waals surface area contributed by atoms with Gasteiger partial charge in [0.1, 0.15) is 0 Å². The lowest BCUT2D eigenvalue weighted by molar-refractivity contribution is -0.149. The number of unbranched alkanes of at least 4 members (excludes halogenated alkanes) is 2. The van der Waals surface area contributed by atoms with Gasteiger partial charge < -0.3 is 4.74 Å². The summed E-state index contributed by atoms with van der Waals surface area (Å²) in [6, 6.07) is 0. The lowest BCUT2D eigenvalue weighted by Crippen LogP contribution is -2.32. The van der Waals surface area contributed by atoms with E-state index in [1.807, 2.05) is 13.8 Å². The first-order valence-corrected chi connectivity index (χ1v) is 6.97. The number of hydrogen-bond acceptors (Lipinski definition) is 3. The highest BCUT2D eigenvalue weighted by Gasteiger charge is 2.35. The first kappa shape index (κ1) is 14.9. The quantitative estimate of drug-likeness (QED) is 0.538. The Labute approximate surface area is 110 Å². The average molecular weight is 252 g/mol. The minimum atomic E-state index is -0.209. The minimum Gasteiger partial charge on any atom is -0.466 e. The van der Waals surface area contributed by atoms with E-state index in [4.69, 9.17) is 4.74 Å². The topological polar surface area (TPSA) is 43.4 Å². The Kier molecular flexibility index (Phi) is 6.10. The Morgan fingerprint density at radius 2 is 2.11 bits per heavy atom. The molecule has 0 heterocycles. The van der Waals surface area contributed by atoms with Crippen LogP contribution in [0.15, 0.2) is 11.6 Å². The van der Waals surface area contributed by atoms with Crippen LogP contribution in [0, 0.1) is 11.8 Å². The summed E-state index contributed by atoms with van der Waals surface area (Å²) in [5.41, 5.74) is 0.867. The lowest BCUT2D eigenvalue weighted by atomic mass is 9.76. The Balaban J connectivity index is 2.74. The van der Waals surface area contributed by atoms with E-state index in [0.717, 1.165) is 31.3 Å². The summed E-state index contributed by atoms with van der Waals surface area (Å²) >= 11 is 0. The molecule has 102 valence electrons. The maximum absolute atomic E-state index is 12.0. The van der Waals surface area contributed by atoms with Crippen molar-refractivity contribution in [2.45, 2.75) is 52.9 Å². The second-order valence-electron chi connectivity index (χ2n) is 5.04. The van der Waals surface area contributed by atoms with E-state index in [-0.39, 0.29) is 23.6 Å². The predicted octanol–water partition coefficient (Wildman–Crippen LogP) is 3.28. The molecule has 0 aliphatic heterocycles. The van der Waals surface area contributed by atoms with Crippen LogP contribution in [0.1, 0.15) is 52.9 Å². The number of rotatable bonds is 6. The number of carbonyl (C=O) groups is 2. The Hall–Kier alpha value is -1.12. The predicted molar refractivity (Wildman–Crippen MR) is 71.1 cm³/mol. The number of ether oxygens (including phenoxy) is 1. The SMILES string of the molecule is CCCCC[C@@H]1CC(=O)C=C(C)[C@@H]1C(=O)OCC. The molecule has 0 saturated heterocycles. The van der Waals surface area contributed by atoms with Gasteiger partial charge in [-0.05, 0) is 32.3 Å². The normalized spacial score (nSPS) is 23.7. The largest absolute Gasteiger partial charge is 0.466 e. The molecule has 1 aliphatic carbocycles. The molecule has 2 atom stereocenters. The Morgan fingerprint density at radius 1 is 1.39 bits per heavy atom. The lowest BCUT2D eigenvalue weighted by Gasteiger charge is -2.29. The van der Waals surface area contributed by atoms with E-state index in [9.17, 15) is 9.59 Å². The van der Waals surface area contributed by atoms with Gasteiger partial charge in [0.15, 0.2) is 5.78 Å². The number of allylic oxidation sites excluding steroid dienone is 1. The van der Waals surface area contributed by atoms with E-state index < -0.39 is 0 Å². The van der Waals surface area contributed by atoms with Gasteiger partial charge in [-0.1, -0.05) is 31.8 Å². The molecule has 18 heavy (non-hydrogen) atoms. The monoisotopic (exact) mass is 252 g/mol. The first-order valence-electron chi connectivity index (χ1n) is 6.97. The van der Waals surface area contributed by atoms with Crippen molar-refractivity contribution in [3.63, 3.8) is 0 Å². The molecule has 0 N–H and O–H groups in total. The molecule has 0 radical (unpaired) electrons. The van der Waals surface area contributed by atoms with Gasteiger partial charge in [0, 0.05) is 6.42 Å². The second-order valence-corrected chi connectivity index (χ2v) is 5.04. The summed E-state index contributed by atoms with van der Waals surface area (Å²) in [5, 5.41) is 0. The van der Waals surface area contributed by atoms with Crippen LogP contribution in [-0.4, -0.2) is 18.4 Å². The molecule has 0 saturated carbocycles. The van der Waals surface area contributed by atoms with E-state index in [1.54, 1.807) is 6.08 Å². The van der Waals surface area contributed by atoms with Crippen LogP contribution in [0.3, 0.4) is 0 Å². The molecule has 3 nitrogen and oxygen atoms in total. The summed E-state index contributed by atoms with van der Waals surface area (Å²) < 4.78 is 5.13. The van der Waals surface area contributed by atoms with Gasteiger partial charge in [-0.15, -0.1) is 0 Å². The number of hydrogen-bond donors (Lipinski definition) is 0. The van der Waals surface area contributed by atoms with Crippen LogP contribution in [0.25, 0.3) is 0 Å². The first-order chi connectivity index (χ1) is 8.60. The maximum Gasteiger partial charge on any atom is 0.313 e. The van der Waals surface area contributed by atoms with Crippen molar-refractivity contribution in [2.24, 2.45) is 11.8 Å². The molecule has 0 spiro atoms. The summed E-state index contributed by atoms with van der Waals surface area (Å²) in [6.45, 7) is 6.24. The minimum absolute atomic E-state index is 0.132. The molecule has 1 rings (SSSR count). The fourth-order valence-electron chi connectivity index (χ4n) is 2.69. The third kappa shape index (κ3) is 3.97. The zero-order valence-electron chi connectivity index (χ0n) is 11.7. The Bertz CT molecular complexity index is 331. The zero-order valence-corrected chi connectivity index (χ0v) is 11.7. The molecule has 0 aromatic rings. The van der Waals surface area contributed by atoms with Crippen LogP contribution in [0.2, 0.25) is 0 Å². The average Bonchev–Trinajstić information content (AvgIpc) is 2.28. The van der Waals surface area contributed by atoms with Crippen LogP contribution in [0.5, 0.6) is 0 Å². The highest BCUT2D eigenvalue weighted by molar-refractivity contribution is 5.94. The molecule has 0 amide bonds. The van der Waals surface area contributed by atoms with E-state index in [2.05, 4.69) is 6.92 Å². The van der Waals surface area contributed by atoms with Crippen molar-refractivity contribution >= 4 is 11.8 Å². The van der Waals surface area contributed by atoms with E-state index in [0.29, 0.717) is 13.0 Å². The van der Waals surface area contributed by atoms with Crippen LogP contribution >= 0.6 is 0 Å². The molecule has 0 bridgehead atoms.